The molecule has 1 aromatic heterocycles. The lowest BCUT2D eigenvalue weighted by Gasteiger charge is -2.50. The first kappa shape index (κ1) is 13.8. The summed E-state index contributed by atoms with van der Waals surface area (Å²) < 4.78 is 27.6. The molecule has 20 heavy (non-hydrogen) atoms. The Hall–Kier alpha value is -1.20. The number of aromatic amines is 1. The van der Waals surface area contributed by atoms with E-state index >= 15 is 0 Å². The summed E-state index contributed by atoms with van der Waals surface area (Å²) >= 11 is 5.86. The van der Waals surface area contributed by atoms with E-state index in [1.165, 1.54) is 19.2 Å². The van der Waals surface area contributed by atoms with Crippen LogP contribution in [0.15, 0.2) is 12.3 Å². The molecular weight excluding hydrogens is 286 g/mol. The van der Waals surface area contributed by atoms with Crippen molar-refractivity contribution in [3.8, 4) is 0 Å². The summed E-state index contributed by atoms with van der Waals surface area (Å²) in [4.78, 5) is 0. The lowest BCUT2D eigenvalue weighted by molar-refractivity contribution is -0.117. The summed E-state index contributed by atoms with van der Waals surface area (Å²) in [5, 5.41) is 17.2. The molecule has 1 unspecified atom stereocenters. The fourth-order valence-corrected chi connectivity index (χ4v) is 3.71. The number of rotatable bonds is 2. The summed E-state index contributed by atoms with van der Waals surface area (Å²) in [7, 11) is 0. The zero-order valence-electron chi connectivity index (χ0n) is 11.2. The van der Waals surface area contributed by atoms with Crippen LogP contribution in [0.5, 0.6) is 0 Å². The van der Waals surface area contributed by atoms with Crippen LogP contribution in [0.4, 0.5) is 8.78 Å². The lowest BCUT2D eigenvalue weighted by atomic mass is 9.58. The largest absolute Gasteiger partial charge is 0.388 e. The number of alkyl halides is 1. The van der Waals surface area contributed by atoms with Crippen LogP contribution in [-0.2, 0) is 0 Å². The van der Waals surface area contributed by atoms with E-state index < -0.39 is 23.0 Å². The summed E-state index contributed by atoms with van der Waals surface area (Å²) in [6, 6.07) is 1.39. The predicted molar refractivity (Wildman–Crippen MR) is 72.9 cm³/mol. The Kier molecular flexibility index (Phi) is 2.86. The molecule has 2 N–H and O–H groups in total. The molecule has 1 atom stereocenters. The van der Waals surface area contributed by atoms with Gasteiger partial charge < -0.3 is 5.11 Å². The molecule has 2 aromatic rings. The van der Waals surface area contributed by atoms with Crippen LogP contribution in [0.25, 0.3) is 10.9 Å². The molecule has 1 heterocycles. The van der Waals surface area contributed by atoms with E-state index in [1.807, 2.05) is 6.92 Å². The van der Waals surface area contributed by atoms with Gasteiger partial charge in [-0.2, -0.15) is 5.10 Å². The zero-order valence-corrected chi connectivity index (χ0v) is 11.9. The monoisotopic (exact) mass is 300 g/mol. The Labute approximate surface area is 119 Å². The van der Waals surface area contributed by atoms with Gasteiger partial charge in [0.25, 0.3) is 0 Å². The first-order valence-electron chi connectivity index (χ1n) is 6.41. The Morgan fingerprint density at radius 1 is 1.45 bits per heavy atom. The minimum Gasteiger partial charge on any atom is -0.388 e. The van der Waals surface area contributed by atoms with Gasteiger partial charge in [-0.05, 0) is 25.8 Å². The quantitative estimate of drug-likeness (QED) is 0.883. The molecule has 0 spiro atoms. The Bertz CT molecular complexity index is 675. The first-order chi connectivity index (χ1) is 9.23. The highest BCUT2D eigenvalue weighted by atomic mass is 35.5. The van der Waals surface area contributed by atoms with Crippen molar-refractivity contribution in [1.29, 1.82) is 0 Å². The summed E-state index contributed by atoms with van der Waals surface area (Å²) in [5.41, 5.74) is -0.968. The van der Waals surface area contributed by atoms with Crippen LogP contribution >= 0.6 is 11.6 Å². The van der Waals surface area contributed by atoms with Crippen molar-refractivity contribution in [3.05, 3.63) is 28.7 Å². The molecule has 1 saturated carbocycles. The molecule has 0 amide bonds. The number of halogens is 3. The van der Waals surface area contributed by atoms with Crippen LogP contribution in [0.3, 0.4) is 0 Å². The van der Waals surface area contributed by atoms with Crippen molar-refractivity contribution in [2.24, 2.45) is 5.41 Å². The van der Waals surface area contributed by atoms with Crippen LogP contribution in [0, 0.1) is 11.2 Å². The molecule has 1 aliphatic carbocycles. The molecule has 3 nitrogen and oxygen atoms in total. The molecule has 1 aromatic carbocycles. The Balaban J connectivity index is 2.07. The van der Waals surface area contributed by atoms with E-state index in [0.29, 0.717) is 11.1 Å². The molecule has 0 saturated heterocycles. The Morgan fingerprint density at radius 3 is 2.70 bits per heavy atom. The number of fused-ring (bicyclic) bond motifs is 1. The van der Waals surface area contributed by atoms with Gasteiger partial charge in [-0.1, -0.05) is 18.5 Å². The topological polar surface area (TPSA) is 48.9 Å². The third-order valence-corrected chi connectivity index (χ3v) is 4.43. The van der Waals surface area contributed by atoms with Crippen molar-refractivity contribution in [2.45, 2.75) is 38.5 Å². The van der Waals surface area contributed by atoms with Gasteiger partial charge in [0.05, 0.1) is 28.2 Å². The van der Waals surface area contributed by atoms with E-state index in [2.05, 4.69) is 10.2 Å². The highest BCUT2D eigenvalue weighted by Gasteiger charge is 2.54. The standard InChI is InChI=1S/C14H15ClF2N2O/c1-13(5-14(2,17)6-13)12(20)7-3-9(15)10(16)8-4-18-19-11(7)8/h3-4,12,20H,5-6H2,1-2H3,(H,18,19). The molecule has 1 fully saturated rings. The lowest BCUT2D eigenvalue weighted by Crippen LogP contribution is -2.48. The normalized spacial score (nSPS) is 31.3. The maximum absolute atomic E-state index is 13.9. The third-order valence-electron chi connectivity index (χ3n) is 4.16. The maximum Gasteiger partial charge on any atom is 0.152 e. The van der Waals surface area contributed by atoms with Gasteiger partial charge in [-0.15, -0.1) is 0 Å². The van der Waals surface area contributed by atoms with Gasteiger partial charge in [0.1, 0.15) is 5.67 Å². The summed E-state index contributed by atoms with van der Waals surface area (Å²) in [6.45, 7) is 3.34. The van der Waals surface area contributed by atoms with Crippen molar-refractivity contribution < 1.29 is 13.9 Å². The number of aliphatic hydroxyl groups is 1. The average Bonchev–Trinajstić information content (AvgIpc) is 2.79. The third kappa shape index (κ3) is 1.91. The molecule has 0 aliphatic heterocycles. The maximum atomic E-state index is 13.9. The molecular formula is C14H15ClF2N2O. The van der Waals surface area contributed by atoms with Crippen molar-refractivity contribution in [2.75, 3.05) is 0 Å². The van der Waals surface area contributed by atoms with Crippen molar-refractivity contribution in [1.82, 2.24) is 10.2 Å². The Morgan fingerprint density at radius 2 is 2.10 bits per heavy atom. The molecule has 0 bridgehead atoms. The van der Waals surface area contributed by atoms with Gasteiger partial charge in [-0.25, -0.2) is 8.78 Å². The van der Waals surface area contributed by atoms with Crippen LogP contribution in [-0.4, -0.2) is 21.0 Å². The van der Waals surface area contributed by atoms with Gasteiger partial charge in [-0.3, -0.25) is 5.10 Å². The van der Waals surface area contributed by atoms with Gasteiger partial charge in [0, 0.05) is 11.0 Å². The first-order valence-corrected chi connectivity index (χ1v) is 6.79. The SMILES string of the molecule is CC1(F)CC(C)(C(O)c2cc(Cl)c(F)c3cn[nH]c23)C1. The van der Waals surface area contributed by atoms with Gasteiger partial charge >= 0.3 is 0 Å². The molecule has 0 radical (unpaired) electrons. The van der Waals surface area contributed by atoms with Gasteiger partial charge in [0.15, 0.2) is 5.82 Å². The van der Waals surface area contributed by atoms with E-state index in [1.54, 1.807) is 0 Å². The fraction of sp³-hybridized carbons (Fsp3) is 0.500. The number of aliphatic hydroxyl groups excluding tert-OH is 1. The minimum absolute atomic E-state index is 0.0705. The number of hydrogen-bond donors (Lipinski definition) is 2. The highest BCUT2D eigenvalue weighted by molar-refractivity contribution is 6.31. The number of benzene rings is 1. The zero-order chi connectivity index (χ0) is 14.7. The summed E-state index contributed by atoms with van der Waals surface area (Å²) in [5.74, 6) is -0.569. The number of nitrogens with zero attached hydrogens (tertiary/aromatic N) is 1. The molecule has 1 aliphatic rings. The van der Waals surface area contributed by atoms with E-state index in [0.717, 1.165) is 0 Å². The second-order valence-electron chi connectivity index (χ2n) is 6.24. The smallest absolute Gasteiger partial charge is 0.152 e. The molecule has 3 rings (SSSR count). The van der Waals surface area contributed by atoms with E-state index in [-0.39, 0.29) is 23.3 Å². The molecule has 6 heteroatoms. The highest BCUT2D eigenvalue weighted by Crippen LogP contribution is 2.57. The van der Waals surface area contributed by atoms with Crippen molar-refractivity contribution >= 4 is 22.5 Å². The van der Waals surface area contributed by atoms with E-state index in [9.17, 15) is 13.9 Å². The van der Waals surface area contributed by atoms with E-state index in [4.69, 9.17) is 11.6 Å². The number of hydrogen-bond acceptors (Lipinski definition) is 2. The second-order valence-corrected chi connectivity index (χ2v) is 6.65. The fourth-order valence-electron chi connectivity index (χ4n) is 3.49. The average molecular weight is 301 g/mol. The van der Waals surface area contributed by atoms with Crippen LogP contribution in [0.1, 0.15) is 38.4 Å². The van der Waals surface area contributed by atoms with Crippen molar-refractivity contribution in [3.63, 3.8) is 0 Å². The minimum atomic E-state index is -1.26. The number of aromatic nitrogens is 2. The predicted octanol–water partition coefficient (Wildman–Crippen LogP) is 3.92. The second kappa shape index (κ2) is 4.15. The summed E-state index contributed by atoms with van der Waals surface area (Å²) in [6.07, 6.45) is 0.916. The van der Waals surface area contributed by atoms with Crippen LogP contribution in [0.2, 0.25) is 5.02 Å². The number of H-pyrrole nitrogens is 1. The van der Waals surface area contributed by atoms with Crippen LogP contribution < -0.4 is 0 Å². The number of nitrogens with one attached hydrogen (secondary N) is 1. The molecule has 108 valence electrons. The van der Waals surface area contributed by atoms with Gasteiger partial charge in [0.2, 0.25) is 0 Å².